The lowest BCUT2D eigenvalue weighted by Crippen LogP contribution is -3.13. The van der Waals surface area contributed by atoms with Gasteiger partial charge in [0.2, 0.25) is 15.8 Å². The number of hydrogen-bond donors (Lipinski definition) is 2. The lowest BCUT2D eigenvalue weighted by molar-refractivity contribution is -0.917. The highest BCUT2D eigenvalue weighted by Gasteiger charge is 2.30. The van der Waals surface area contributed by atoms with Crippen LogP contribution in [0.3, 0.4) is 0 Å². The average Bonchev–Trinajstić information content (AvgIpc) is 2.75. The van der Waals surface area contributed by atoms with Crippen LogP contribution in [0.4, 0.5) is 0 Å². The van der Waals surface area contributed by atoms with Gasteiger partial charge in [-0.3, -0.25) is 0 Å². The van der Waals surface area contributed by atoms with E-state index < -0.39 is 10.0 Å². The van der Waals surface area contributed by atoms with Crippen LogP contribution in [0.5, 0.6) is 23.0 Å². The maximum absolute atomic E-state index is 12.9. The predicted molar refractivity (Wildman–Crippen MR) is 107 cm³/mol. The SMILES string of the molecule is COc1ccc(S(=O)(=O)N2CC[NH+](Cc3cc(OC)c(O)c(OC)c3)CC2)cc1. The van der Waals surface area contributed by atoms with Crippen LogP contribution in [0.25, 0.3) is 0 Å². The average molecular weight is 424 g/mol. The van der Waals surface area contributed by atoms with Crippen LogP contribution in [0.2, 0.25) is 0 Å². The number of piperazine rings is 1. The third-order valence-corrected chi connectivity index (χ3v) is 7.03. The van der Waals surface area contributed by atoms with E-state index in [1.165, 1.54) is 23.4 Å². The van der Waals surface area contributed by atoms with Gasteiger partial charge in [0.05, 0.1) is 52.4 Å². The molecule has 9 heteroatoms. The van der Waals surface area contributed by atoms with Crippen molar-refractivity contribution in [2.45, 2.75) is 11.4 Å². The first-order chi connectivity index (χ1) is 13.9. The Morgan fingerprint density at radius 2 is 1.52 bits per heavy atom. The van der Waals surface area contributed by atoms with Crippen molar-refractivity contribution in [3.8, 4) is 23.0 Å². The van der Waals surface area contributed by atoms with E-state index in [1.807, 2.05) is 0 Å². The van der Waals surface area contributed by atoms with Crippen molar-refractivity contribution in [3.63, 3.8) is 0 Å². The molecule has 0 atom stereocenters. The molecule has 0 unspecified atom stereocenters. The van der Waals surface area contributed by atoms with Crippen molar-refractivity contribution in [2.75, 3.05) is 47.5 Å². The van der Waals surface area contributed by atoms with Crippen molar-refractivity contribution in [3.05, 3.63) is 42.0 Å². The molecule has 1 aliphatic rings. The zero-order chi connectivity index (χ0) is 21.0. The quantitative estimate of drug-likeness (QED) is 0.675. The van der Waals surface area contributed by atoms with Crippen LogP contribution in [-0.4, -0.2) is 65.3 Å². The Morgan fingerprint density at radius 3 is 2.00 bits per heavy atom. The van der Waals surface area contributed by atoms with Crippen LogP contribution >= 0.6 is 0 Å². The zero-order valence-corrected chi connectivity index (χ0v) is 17.7. The molecular weight excluding hydrogens is 396 g/mol. The standard InChI is InChI=1S/C20H26N2O6S/c1-26-16-4-6-17(7-5-16)29(24,25)22-10-8-21(9-11-22)14-15-12-18(27-2)20(23)19(13-15)28-3/h4-7,12-13,23H,8-11,14H2,1-3H3/p+1. The van der Waals surface area contributed by atoms with Gasteiger partial charge in [-0.05, 0) is 36.4 Å². The van der Waals surface area contributed by atoms with Crippen molar-refractivity contribution < 1.29 is 32.6 Å². The molecule has 0 bridgehead atoms. The van der Waals surface area contributed by atoms with Crippen LogP contribution < -0.4 is 19.1 Å². The minimum absolute atomic E-state index is 0.0239. The number of quaternary nitrogens is 1. The highest BCUT2D eigenvalue weighted by atomic mass is 32.2. The number of benzene rings is 2. The Kier molecular flexibility index (Phi) is 6.51. The number of methoxy groups -OCH3 is 3. The smallest absolute Gasteiger partial charge is 0.243 e. The Morgan fingerprint density at radius 1 is 0.966 bits per heavy atom. The van der Waals surface area contributed by atoms with Crippen molar-refractivity contribution in [1.82, 2.24) is 4.31 Å². The minimum atomic E-state index is -3.52. The van der Waals surface area contributed by atoms with Gasteiger partial charge in [0.15, 0.2) is 11.5 Å². The fourth-order valence-electron chi connectivity index (χ4n) is 3.45. The third kappa shape index (κ3) is 4.58. The molecule has 1 fully saturated rings. The number of nitrogens with zero attached hydrogens (tertiary/aromatic N) is 1. The third-order valence-electron chi connectivity index (χ3n) is 5.12. The van der Waals surface area contributed by atoms with Gasteiger partial charge in [0.25, 0.3) is 0 Å². The van der Waals surface area contributed by atoms with E-state index in [4.69, 9.17) is 14.2 Å². The van der Waals surface area contributed by atoms with Gasteiger partial charge in [-0.15, -0.1) is 0 Å². The van der Waals surface area contributed by atoms with E-state index in [0.717, 1.165) is 5.56 Å². The Hall–Kier alpha value is -2.49. The maximum Gasteiger partial charge on any atom is 0.243 e. The second kappa shape index (κ2) is 8.89. The summed E-state index contributed by atoms with van der Waals surface area (Å²) in [6, 6.07) is 10.0. The fraction of sp³-hybridized carbons (Fsp3) is 0.400. The molecule has 158 valence electrons. The second-order valence-corrected chi connectivity index (χ2v) is 8.79. The topological polar surface area (TPSA) is 89.7 Å². The molecule has 0 radical (unpaired) electrons. The van der Waals surface area contributed by atoms with Gasteiger partial charge >= 0.3 is 0 Å². The van der Waals surface area contributed by atoms with E-state index in [9.17, 15) is 13.5 Å². The minimum Gasteiger partial charge on any atom is -0.502 e. The largest absolute Gasteiger partial charge is 0.502 e. The van der Waals surface area contributed by atoms with Gasteiger partial charge in [-0.2, -0.15) is 4.31 Å². The molecule has 1 heterocycles. The van der Waals surface area contributed by atoms with E-state index in [1.54, 1.807) is 43.5 Å². The first-order valence-corrected chi connectivity index (χ1v) is 10.7. The molecule has 2 N–H and O–H groups in total. The predicted octanol–water partition coefficient (Wildman–Crippen LogP) is 0.507. The molecule has 1 saturated heterocycles. The summed E-state index contributed by atoms with van der Waals surface area (Å²) >= 11 is 0. The number of phenols is 1. The summed E-state index contributed by atoms with van der Waals surface area (Å²) in [5.74, 6) is 1.32. The van der Waals surface area contributed by atoms with Crippen LogP contribution in [-0.2, 0) is 16.6 Å². The van der Waals surface area contributed by atoms with Crippen LogP contribution in [0.1, 0.15) is 5.56 Å². The molecule has 2 aromatic carbocycles. The highest BCUT2D eigenvalue weighted by molar-refractivity contribution is 7.89. The number of hydrogen-bond acceptors (Lipinski definition) is 6. The summed E-state index contributed by atoms with van der Waals surface area (Å²) in [7, 11) is 1.02. The summed E-state index contributed by atoms with van der Waals surface area (Å²) in [6.07, 6.45) is 0. The number of phenolic OH excluding ortho intramolecular Hbond substituents is 1. The number of sulfonamides is 1. The van der Waals surface area contributed by atoms with Gasteiger partial charge in [0, 0.05) is 5.56 Å². The lowest BCUT2D eigenvalue weighted by Gasteiger charge is -2.31. The maximum atomic E-state index is 12.9. The molecule has 2 aromatic rings. The summed E-state index contributed by atoms with van der Waals surface area (Å²) in [4.78, 5) is 1.52. The summed E-state index contributed by atoms with van der Waals surface area (Å²) in [5.41, 5.74) is 0.956. The Bertz CT molecular complexity index is 913. The van der Waals surface area contributed by atoms with Gasteiger partial charge < -0.3 is 24.2 Å². The number of ether oxygens (including phenoxy) is 3. The van der Waals surface area contributed by atoms with E-state index in [0.29, 0.717) is 50.0 Å². The van der Waals surface area contributed by atoms with E-state index in [-0.39, 0.29) is 10.6 Å². The fourth-order valence-corrected chi connectivity index (χ4v) is 4.90. The molecule has 3 rings (SSSR count). The Balaban J connectivity index is 1.66. The lowest BCUT2D eigenvalue weighted by atomic mass is 10.1. The molecule has 29 heavy (non-hydrogen) atoms. The van der Waals surface area contributed by atoms with Gasteiger partial charge in [-0.1, -0.05) is 0 Å². The normalized spacial score (nSPS) is 15.8. The molecule has 8 nitrogen and oxygen atoms in total. The highest BCUT2D eigenvalue weighted by Crippen LogP contribution is 2.36. The second-order valence-electron chi connectivity index (χ2n) is 6.86. The van der Waals surface area contributed by atoms with E-state index >= 15 is 0 Å². The number of aromatic hydroxyl groups is 1. The molecule has 1 aliphatic heterocycles. The zero-order valence-electron chi connectivity index (χ0n) is 16.8. The monoisotopic (exact) mass is 423 g/mol. The van der Waals surface area contributed by atoms with Crippen molar-refractivity contribution in [2.24, 2.45) is 0 Å². The van der Waals surface area contributed by atoms with Crippen molar-refractivity contribution in [1.29, 1.82) is 0 Å². The molecule has 0 amide bonds. The molecule has 0 aliphatic carbocycles. The van der Waals surface area contributed by atoms with Crippen LogP contribution in [0.15, 0.2) is 41.3 Å². The summed E-state index contributed by atoms with van der Waals surface area (Å²) in [6.45, 7) is 2.93. The molecule has 0 aromatic heterocycles. The summed E-state index contributed by atoms with van der Waals surface area (Å²) in [5, 5.41) is 10.0. The number of rotatable bonds is 7. The molecular formula is C20H27N2O6S+. The summed E-state index contributed by atoms with van der Waals surface area (Å²) < 4.78 is 42.8. The number of nitrogens with one attached hydrogen (secondary N) is 1. The molecule has 0 spiro atoms. The first-order valence-electron chi connectivity index (χ1n) is 9.30. The Labute approximate surface area is 171 Å². The van der Waals surface area contributed by atoms with Gasteiger partial charge in [-0.25, -0.2) is 8.42 Å². The van der Waals surface area contributed by atoms with Crippen molar-refractivity contribution >= 4 is 10.0 Å². The van der Waals surface area contributed by atoms with Gasteiger partial charge in [0.1, 0.15) is 12.3 Å². The van der Waals surface area contributed by atoms with E-state index in [2.05, 4.69) is 0 Å². The first kappa shape index (κ1) is 21.2. The van der Waals surface area contributed by atoms with Crippen LogP contribution in [0, 0.1) is 0 Å². The molecule has 0 saturated carbocycles.